The number of carbonyl (C=O) groups excluding carboxylic acids is 1. The number of rotatable bonds is 5. The summed E-state index contributed by atoms with van der Waals surface area (Å²) in [6.45, 7) is 8.03. The monoisotopic (exact) mass is 406 g/mol. The Morgan fingerprint density at radius 3 is 2.67 bits per heavy atom. The van der Waals surface area contributed by atoms with Gasteiger partial charge in [0.15, 0.2) is 5.84 Å². The van der Waals surface area contributed by atoms with Crippen molar-refractivity contribution in [2.45, 2.75) is 39.5 Å². The number of carbonyl (C=O) groups is 1. The summed E-state index contributed by atoms with van der Waals surface area (Å²) in [6, 6.07) is 6.28. The van der Waals surface area contributed by atoms with Gasteiger partial charge in [-0.1, -0.05) is 12.1 Å². The highest BCUT2D eigenvalue weighted by Crippen LogP contribution is 2.30. The first-order valence-electron chi connectivity index (χ1n) is 10.2. The Morgan fingerprint density at radius 2 is 2.03 bits per heavy atom. The van der Waals surface area contributed by atoms with E-state index in [0.717, 1.165) is 48.6 Å². The molecule has 30 heavy (non-hydrogen) atoms. The van der Waals surface area contributed by atoms with Crippen LogP contribution >= 0.6 is 0 Å². The largest absolute Gasteiger partial charge is 0.358 e. The lowest BCUT2D eigenvalue weighted by molar-refractivity contribution is -0.108. The predicted octanol–water partition coefficient (Wildman–Crippen LogP) is 3.41. The van der Waals surface area contributed by atoms with Crippen LogP contribution in [-0.4, -0.2) is 48.7 Å². The normalized spacial score (nSPS) is 19.7. The van der Waals surface area contributed by atoms with Crippen LogP contribution in [0.3, 0.4) is 0 Å². The third-order valence-electron chi connectivity index (χ3n) is 5.55. The van der Waals surface area contributed by atoms with Gasteiger partial charge in [-0.05, 0) is 82.9 Å². The molecular formula is C23H30N6O. The van der Waals surface area contributed by atoms with Crippen LogP contribution < -0.4 is 10.6 Å². The summed E-state index contributed by atoms with van der Waals surface area (Å²) in [4.78, 5) is 22.4. The van der Waals surface area contributed by atoms with Crippen LogP contribution in [0.2, 0.25) is 0 Å². The van der Waals surface area contributed by atoms with Gasteiger partial charge in [0.2, 0.25) is 6.41 Å². The van der Waals surface area contributed by atoms with Crippen molar-refractivity contribution in [2.75, 3.05) is 20.1 Å². The van der Waals surface area contributed by atoms with E-state index in [4.69, 9.17) is 5.41 Å². The molecule has 2 heterocycles. The Morgan fingerprint density at radius 1 is 1.30 bits per heavy atom. The first-order chi connectivity index (χ1) is 14.4. The number of hydrogen-bond donors (Lipinski definition) is 3. The molecule has 0 bridgehead atoms. The van der Waals surface area contributed by atoms with Crippen LogP contribution in [-0.2, 0) is 4.79 Å². The number of benzene rings is 1. The predicted molar refractivity (Wildman–Crippen MR) is 123 cm³/mol. The second kappa shape index (κ2) is 9.63. The number of aryl methyl sites for hydroxylation is 1. The molecule has 0 aromatic heterocycles. The van der Waals surface area contributed by atoms with Crippen LogP contribution in [0.5, 0.6) is 0 Å². The van der Waals surface area contributed by atoms with Crippen molar-refractivity contribution in [1.29, 1.82) is 5.41 Å². The smallest absolute Gasteiger partial charge is 0.212 e. The molecule has 1 aromatic rings. The molecular weight excluding hydrogens is 376 g/mol. The molecule has 3 rings (SSSR count). The minimum Gasteiger partial charge on any atom is -0.358 e. The molecule has 7 nitrogen and oxygen atoms in total. The second-order valence-electron chi connectivity index (χ2n) is 7.95. The lowest BCUT2D eigenvalue weighted by Gasteiger charge is -2.29. The van der Waals surface area contributed by atoms with Crippen LogP contribution in [0.25, 0.3) is 0 Å². The molecule has 0 unspecified atom stereocenters. The molecule has 1 saturated heterocycles. The maximum atomic E-state index is 11.1. The fourth-order valence-electron chi connectivity index (χ4n) is 3.75. The van der Waals surface area contributed by atoms with E-state index in [0.29, 0.717) is 18.0 Å². The highest BCUT2D eigenvalue weighted by Gasteiger charge is 2.19. The van der Waals surface area contributed by atoms with E-state index in [1.165, 1.54) is 5.56 Å². The molecule has 2 aliphatic rings. The summed E-state index contributed by atoms with van der Waals surface area (Å²) in [5, 5.41) is 14.1. The third kappa shape index (κ3) is 5.30. The number of hydrogen-bond acceptors (Lipinski definition) is 6. The molecule has 0 aliphatic carbocycles. The van der Waals surface area contributed by atoms with E-state index in [2.05, 4.69) is 44.7 Å². The average Bonchev–Trinajstić information content (AvgIpc) is 2.71. The maximum Gasteiger partial charge on any atom is 0.212 e. The molecule has 1 amide bonds. The molecule has 2 aliphatic heterocycles. The van der Waals surface area contributed by atoms with Crippen molar-refractivity contribution in [1.82, 2.24) is 15.5 Å². The molecule has 1 aromatic carbocycles. The van der Waals surface area contributed by atoms with Crippen molar-refractivity contribution in [2.24, 2.45) is 9.98 Å². The zero-order valence-corrected chi connectivity index (χ0v) is 18.1. The Balaban J connectivity index is 1.82. The quantitative estimate of drug-likeness (QED) is 0.397. The fraction of sp³-hybridized carbons (Fsp3) is 0.391. The van der Waals surface area contributed by atoms with Gasteiger partial charge in [-0.2, -0.15) is 0 Å². The Labute approximate surface area is 178 Å². The fourth-order valence-corrected chi connectivity index (χ4v) is 3.75. The Hall–Kier alpha value is -3.06. The first-order valence-corrected chi connectivity index (χ1v) is 10.2. The minimum atomic E-state index is 0.103. The lowest BCUT2D eigenvalue weighted by Crippen LogP contribution is -2.30. The van der Waals surface area contributed by atoms with Crippen LogP contribution in [0, 0.1) is 12.3 Å². The highest BCUT2D eigenvalue weighted by atomic mass is 16.1. The van der Waals surface area contributed by atoms with Gasteiger partial charge in [0.05, 0.1) is 28.5 Å². The molecule has 3 N–H and O–H groups in total. The number of nitrogens with one attached hydrogen (secondary N) is 3. The van der Waals surface area contributed by atoms with E-state index < -0.39 is 0 Å². The average molecular weight is 407 g/mol. The number of likely N-dealkylation sites (tertiary alicyclic amines) is 1. The maximum absolute atomic E-state index is 11.1. The molecule has 7 heteroatoms. The summed E-state index contributed by atoms with van der Waals surface area (Å²) in [5.74, 6) is 0.776. The minimum absolute atomic E-state index is 0.103. The van der Waals surface area contributed by atoms with Gasteiger partial charge in [0, 0.05) is 6.20 Å². The van der Waals surface area contributed by atoms with Crippen molar-refractivity contribution in [3.63, 3.8) is 0 Å². The lowest BCUT2D eigenvalue weighted by atomic mass is 9.88. The summed E-state index contributed by atoms with van der Waals surface area (Å²) in [6.07, 6.45) is 6.28. The van der Waals surface area contributed by atoms with Gasteiger partial charge in [-0.3, -0.25) is 15.2 Å². The van der Waals surface area contributed by atoms with Gasteiger partial charge < -0.3 is 15.5 Å². The van der Waals surface area contributed by atoms with Gasteiger partial charge >= 0.3 is 0 Å². The van der Waals surface area contributed by atoms with Crippen molar-refractivity contribution < 1.29 is 4.79 Å². The molecule has 0 radical (unpaired) electrons. The second-order valence-corrected chi connectivity index (χ2v) is 7.95. The van der Waals surface area contributed by atoms with Crippen LogP contribution in [0.4, 0.5) is 5.69 Å². The number of aliphatic imine (C=N–C) groups is 2. The molecule has 1 fully saturated rings. The summed E-state index contributed by atoms with van der Waals surface area (Å²) >= 11 is 0. The first kappa shape index (κ1) is 21.6. The highest BCUT2D eigenvalue weighted by molar-refractivity contribution is 6.46. The van der Waals surface area contributed by atoms with E-state index in [1.54, 1.807) is 12.3 Å². The Kier molecular flexibility index (Phi) is 6.95. The van der Waals surface area contributed by atoms with Gasteiger partial charge in [0.25, 0.3) is 0 Å². The van der Waals surface area contributed by atoms with E-state index in [-0.39, 0.29) is 11.5 Å². The van der Waals surface area contributed by atoms with Gasteiger partial charge in [-0.15, -0.1) is 0 Å². The van der Waals surface area contributed by atoms with E-state index in [9.17, 15) is 4.79 Å². The summed E-state index contributed by atoms with van der Waals surface area (Å²) in [7, 11) is 2.17. The van der Waals surface area contributed by atoms with Crippen molar-refractivity contribution in [3.05, 3.63) is 53.0 Å². The van der Waals surface area contributed by atoms with E-state index in [1.807, 2.05) is 26.8 Å². The van der Waals surface area contributed by atoms with Crippen LogP contribution in [0.15, 0.2) is 51.9 Å². The summed E-state index contributed by atoms with van der Waals surface area (Å²) < 4.78 is 0. The topological polar surface area (TPSA) is 92.9 Å². The van der Waals surface area contributed by atoms with Gasteiger partial charge in [0.1, 0.15) is 0 Å². The zero-order valence-electron chi connectivity index (χ0n) is 18.1. The van der Waals surface area contributed by atoms with Crippen molar-refractivity contribution >= 4 is 29.4 Å². The standard InChI is InChI=1S/C23H30N6O/c1-15-11-19(18-7-9-29(4)10-8-18)5-6-21(15)28-23(26-14-30)20(24)12-22-17(3)27-16(2)13-25-22/h5-6,11-14,18,24-25H,7-10H2,1-4H3,(H,26,28,30)/b22-12-,24-20?. The van der Waals surface area contributed by atoms with Crippen LogP contribution in [0.1, 0.15) is 43.7 Å². The number of nitrogens with zero attached hydrogens (tertiary/aromatic N) is 3. The van der Waals surface area contributed by atoms with Gasteiger partial charge in [-0.25, -0.2) is 4.99 Å². The zero-order chi connectivity index (χ0) is 21.7. The third-order valence-corrected chi connectivity index (χ3v) is 5.55. The number of piperidine rings is 1. The number of amides is 1. The SMILES string of the molecule is CC1=CN/C(=C\C(=N)/C(=N/c2ccc(C3CCN(C)CC3)cc2C)NC=O)C(C)=N1. The molecule has 0 spiro atoms. The Bertz CT molecular complexity index is 948. The molecule has 158 valence electrons. The number of allylic oxidation sites excluding steroid dienone is 2. The molecule has 0 atom stereocenters. The van der Waals surface area contributed by atoms with E-state index >= 15 is 0 Å². The summed E-state index contributed by atoms with van der Waals surface area (Å²) in [5.41, 5.74) is 5.58. The number of amidine groups is 1. The van der Waals surface area contributed by atoms with Crippen molar-refractivity contribution in [3.8, 4) is 0 Å². The molecule has 0 saturated carbocycles.